The smallest absolute Gasteiger partial charge is 0.276 e. The zero-order chi connectivity index (χ0) is 16.6. The van der Waals surface area contributed by atoms with Crippen molar-refractivity contribution in [2.45, 2.75) is 51.1 Å². The summed E-state index contributed by atoms with van der Waals surface area (Å²) in [5.74, 6) is -0.277. The first-order chi connectivity index (χ1) is 10.9. The number of carbonyl (C=O) groups is 2. The fraction of sp³-hybridized carbons (Fsp3) is 0.588. The zero-order valence-electron chi connectivity index (χ0n) is 13.7. The largest absolute Gasteiger partial charge is 0.505 e. The Kier molecular flexibility index (Phi) is 4.00. The molecule has 23 heavy (non-hydrogen) atoms. The second-order valence-corrected chi connectivity index (χ2v) is 6.66. The van der Waals surface area contributed by atoms with Crippen LogP contribution in [0.3, 0.4) is 0 Å². The highest BCUT2D eigenvalue weighted by Crippen LogP contribution is 2.39. The fourth-order valence-electron chi connectivity index (χ4n) is 4.20. The van der Waals surface area contributed by atoms with Crippen LogP contribution in [0.2, 0.25) is 0 Å². The van der Waals surface area contributed by atoms with E-state index in [2.05, 4.69) is 11.9 Å². The van der Waals surface area contributed by atoms with Crippen LogP contribution in [0.25, 0.3) is 0 Å². The van der Waals surface area contributed by atoms with Crippen LogP contribution in [0.1, 0.15) is 50.0 Å². The van der Waals surface area contributed by atoms with Gasteiger partial charge in [-0.15, -0.1) is 0 Å². The highest BCUT2D eigenvalue weighted by molar-refractivity contribution is 5.95. The van der Waals surface area contributed by atoms with Crippen LogP contribution in [0.15, 0.2) is 18.3 Å². The van der Waals surface area contributed by atoms with Crippen molar-refractivity contribution in [1.29, 1.82) is 0 Å². The first kappa shape index (κ1) is 15.8. The maximum atomic E-state index is 12.9. The van der Waals surface area contributed by atoms with E-state index in [1.165, 1.54) is 12.3 Å². The zero-order valence-corrected chi connectivity index (χ0v) is 13.7. The van der Waals surface area contributed by atoms with E-state index in [0.29, 0.717) is 6.54 Å². The minimum absolute atomic E-state index is 0.0252. The monoisotopic (exact) mass is 317 g/mol. The number of carbonyl (C=O) groups excluding carboxylic acids is 2. The molecule has 0 bridgehead atoms. The highest BCUT2D eigenvalue weighted by atomic mass is 16.3. The molecule has 2 saturated heterocycles. The van der Waals surface area contributed by atoms with E-state index in [1.807, 2.05) is 4.90 Å². The van der Waals surface area contributed by atoms with E-state index < -0.39 is 0 Å². The van der Waals surface area contributed by atoms with Gasteiger partial charge in [-0.25, -0.2) is 4.98 Å². The molecule has 2 fully saturated rings. The van der Waals surface area contributed by atoms with Crippen molar-refractivity contribution in [3.63, 3.8) is 0 Å². The lowest BCUT2D eigenvalue weighted by Gasteiger charge is -2.56. The molecule has 2 atom stereocenters. The average Bonchev–Trinajstić information content (AvgIpc) is 2.52. The van der Waals surface area contributed by atoms with Gasteiger partial charge in [0.1, 0.15) is 5.75 Å². The molecule has 3 heterocycles. The molecule has 0 aromatic carbocycles. The quantitative estimate of drug-likeness (QED) is 0.857. The maximum absolute atomic E-state index is 12.9. The Hall–Kier alpha value is -2.11. The predicted molar refractivity (Wildman–Crippen MR) is 85.0 cm³/mol. The van der Waals surface area contributed by atoms with Crippen molar-refractivity contribution >= 4 is 11.8 Å². The van der Waals surface area contributed by atoms with Gasteiger partial charge in [0.05, 0.1) is 11.6 Å². The van der Waals surface area contributed by atoms with Gasteiger partial charge in [0, 0.05) is 26.2 Å². The normalized spacial score (nSPS) is 27.5. The van der Waals surface area contributed by atoms with Crippen LogP contribution >= 0.6 is 0 Å². The number of piperidine rings is 2. The van der Waals surface area contributed by atoms with E-state index in [9.17, 15) is 14.7 Å². The molecule has 3 rings (SSSR count). The van der Waals surface area contributed by atoms with Crippen LogP contribution in [0.4, 0.5) is 0 Å². The summed E-state index contributed by atoms with van der Waals surface area (Å²) in [5, 5.41) is 9.94. The molecule has 2 aliphatic rings. The third kappa shape index (κ3) is 2.56. The molecule has 124 valence electrons. The summed E-state index contributed by atoms with van der Waals surface area (Å²) in [6, 6.07) is 3.05. The number of pyridine rings is 1. The number of amides is 2. The summed E-state index contributed by atoms with van der Waals surface area (Å²) < 4.78 is 0. The molecule has 1 N–H and O–H groups in total. The van der Waals surface area contributed by atoms with Crippen molar-refractivity contribution in [3.8, 4) is 5.75 Å². The number of likely N-dealkylation sites (tertiary alicyclic amines) is 2. The number of hydrogen-bond acceptors (Lipinski definition) is 4. The predicted octanol–water partition coefficient (Wildman–Crippen LogP) is 1.79. The maximum Gasteiger partial charge on any atom is 0.276 e. The lowest BCUT2D eigenvalue weighted by Crippen LogP contribution is -2.68. The Morgan fingerprint density at radius 3 is 2.83 bits per heavy atom. The second kappa shape index (κ2) is 5.83. The third-order valence-electron chi connectivity index (χ3n) is 5.28. The van der Waals surface area contributed by atoms with Crippen molar-refractivity contribution in [2.75, 3.05) is 13.1 Å². The van der Waals surface area contributed by atoms with Gasteiger partial charge in [-0.1, -0.05) is 0 Å². The van der Waals surface area contributed by atoms with E-state index in [-0.39, 0.29) is 34.8 Å². The summed E-state index contributed by atoms with van der Waals surface area (Å²) in [4.78, 5) is 32.7. The number of hydrogen-bond donors (Lipinski definition) is 1. The highest BCUT2D eigenvalue weighted by Gasteiger charge is 2.49. The number of aromatic hydroxyl groups is 1. The van der Waals surface area contributed by atoms with Gasteiger partial charge in [-0.05, 0) is 44.7 Å². The number of aromatic nitrogens is 1. The van der Waals surface area contributed by atoms with Crippen molar-refractivity contribution in [2.24, 2.45) is 0 Å². The molecule has 1 aromatic heterocycles. The topological polar surface area (TPSA) is 73.7 Å². The van der Waals surface area contributed by atoms with Gasteiger partial charge in [0.15, 0.2) is 5.69 Å². The Labute approximate surface area is 136 Å². The Balaban J connectivity index is 1.93. The molecule has 0 aliphatic carbocycles. The van der Waals surface area contributed by atoms with Crippen molar-refractivity contribution in [1.82, 2.24) is 14.8 Å². The van der Waals surface area contributed by atoms with Crippen molar-refractivity contribution < 1.29 is 14.7 Å². The van der Waals surface area contributed by atoms with Crippen molar-refractivity contribution in [3.05, 3.63) is 24.0 Å². The van der Waals surface area contributed by atoms with Crippen LogP contribution < -0.4 is 0 Å². The van der Waals surface area contributed by atoms with E-state index in [4.69, 9.17) is 0 Å². The summed E-state index contributed by atoms with van der Waals surface area (Å²) >= 11 is 0. The molecule has 6 nitrogen and oxygen atoms in total. The van der Waals surface area contributed by atoms with Gasteiger partial charge in [-0.2, -0.15) is 0 Å². The molecule has 0 spiro atoms. The minimum atomic E-state index is -0.331. The van der Waals surface area contributed by atoms with Gasteiger partial charge < -0.3 is 14.9 Å². The molecule has 0 saturated carbocycles. The van der Waals surface area contributed by atoms with Gasteiger partial charge >= 0.3 is 0 Å². The lowest BCUT2D eigenvalue weighted by molar-refractivity contribution is -0.143. The minimum Gasteiger partial charge on any atom is -0.505 e. The lowest BCUT2D eigenvalue weighted by atomic mass is 9.76. The first-order valence-corrected chi connectivity index (χ1v) is 8.18. The Morgan fingerprint density at radius 2 is 2.13 bits per heavy atom. The van der Waals surface area contributed by atoms with Crippen LogP contribution in [0.5, 0.6) is 5.75 Å². The molecule has 2 amide bonds. The Bertz CT molecular complexity index is 633. The van der Waals surface area contributed by atoms with E-state index in [1.54, 1.807) is 17.9 Å². The molecule has 1 aromatic rings. The molecular formula is C17H23N3O3. The van der Waals surface area contributed by atoms with Gasteiger partial charge in [0.25, 0.3) is 5.91 Å². The molecule has 6 heteroatoms. The van der Waals surface area contributed by atoms with E-state index >= 15 is 0 Å². The molecule has 0 unspecified atom stereocenters. The van der Waals surface area contributed by atoms with Gasteiger partial charge in [-0.3, -0.25) is 9.59 Å². The third-order valence-corrected chi connectivity index (χ3v) is 5.28. The SMILES string of the molecule is CC(=O)N1CCC[C@@H]2N(C(=O)c3ncccc3O)CCC[C@@]21C. The molecule has 0 radical (unpaired) electrons. The van der Waals surface area contributed by atoms with Crippen LogP contribution in [-0.2, 0) is 4.79 Å². The van der Waals surface area contributed by atoms with Crippen LogP contribution in [0, 0.1) is 0 Å². The number of rotatable bonds is 1. The summed E-state index contributed by atoms with van der Waals surface area (Å²) in [6.07, 6.45) is 5.02. The summed E-state index contributed by atoms with van der Waals surface area (Å²) in [5.41, 5.74) is -0.237. The summed E-state index contributed by atoms with van der Waals surface area (Å²) in [6.45, 7) is 5.06. The fourth-order valence-corrected chi connectivity index (χ4v) is 4.20. The van der Waals surface area contributed by atoms with E-state index in [0.717, 1.165) is 32.2 Å². The first-order valence-electron chi connectivity index (χ1n) is 8.18. The standard InChI is InChI=1S/C17H23N3O3/c1-12(21)20-11-4-7-14-17(20,2)8-5-10-19(14)16(23)15-13(22)6-3-9-18-15/h3,6,9,14,22H,4-5,7-8,10-11H2,1-2H3/t14-,17-/m0/s1. The van der Waals surface area contributed by atoms with Crippen LogP contribution in [-0.4, -0.2) is 56.4 Å². The molecular weight excluding hydrogens is 294 g/mol. The number of fused-ring (bicyclic) bond motifs is 1. The van der Waals surface area contributed by atoms with Gasteiger partial charge in [0.2, 0.25) is 5.91 Å². The summed E-state index contributed by atoms with van der Waals surface area (Å²) in [7, 11) is 0. The Morgan fingerprint density at radius 1 is 1.35 bits per heavy atom. The molecule has 2 aliphatic heterocycles. The second-order valence-electron chi connectivity index (χ2n) is 6.66. The average molecular weight is 317 g/mol. The number of nitrogens with zero attached hydrogens (tertiary/aromatic N) is 3.